The number of carbonyl (C=O) groups excluding carboxylic acids is 2. The zero-order valence-corrected chi connectivity index (χ0v) is 21.1. The van der Waals surface area contributed by atoms with Crippen molar-refractivity contribution in [2.45, 2.75) is 25.3 Å². The van der Waals surface area contributed by atoms with Gasteiger partial charge in [-0.15, -0.1) is 11.3 Å². The largest absolute Gasteiger partial charge is 0.497 e. The van der Waals surface area contributed by atoms with Gasteiger partial charge in [0.2, 0.25) is 0 Å². The van der Waals surface area contributed by atoms with Crippen molar-refractivity contribution in [2.24, 2.45) is 5.92 Å². The van der Waals surface area contributed by atoms with E-state index in [1.165, 1.54) is 25.6 Å². The van der Waals surface area contributed by atoms with E-state index in [4.69, 9.17) is 19.2 Å². The van der Waals surface area contributed by atoms with E-state index < -0.39 is 29.3 Å². The smallest absolute Gasteiger partial charge is 0.336 e. The summed E-state index contributed by atoms with van der Waals surface area (Å²) < 4.78 is 15.8. The quantitative estimate of drug-likeness (QED) is 0.501. The second kappa shape index (κ2) is 9.92. The second-order valence-corrected chi connectivity index (χ2v) is 9.37. The van der Waals surface area contributed by atoms with Crippen LogP contribution < -0.4 is 10.1 Å². The van der Waals surface area contributed by atoms with Gasteiger partial charge in [0, 0.05) is 22.6 Å². The lowest BCUT2D eigenvalue weighted by Gasteiger charge is -2.45. The van der Waals surface area contributed by atoms with Gasteiger partial charge in [-0.3, -0.25) is 4.79 Å². The van der Waals surface area contributed by atoms with Crippen molar-refractivity contribution in [3.05, 3.63) is 81.8 Å². The summed E-state index contributed by atoms with van der Waals surface area (Å²) in [6.45, 7) is 3.75. The number of nitrogens with zero attached hydrogens (tertiary/aromatic N) is 1. The summed E-state index contributed by atoms with van der Waals surface area (Å²) in [7, 11) is 4.32. The fourth-order valence-electron chi connectivity index (χ4n) is 4.79. The first-order valence-electron chi connectivity index (χ1n) is 11.1. The number of esters is 2. The molecule has 3 atom stereocenters. The second-order valence-electron chi connectivity index (χ2n) is 8.52. The van der Waals surface area contributed by atoms with Crippen LogP contribution in [0.15, 0.2) is 71.2 Å². The van der Waals surface area contributed by atoms with E-state index in [1.807, 2.05) is 73.8 Å². The maximum atomic E-state index is 13.4. The van der Waals surface area contributed by atoms with Crippen LogP contribution in [-0.4, -0.2) is 38.3 Å². The summed E-state index contributed by atoms with van der Waals surface area (Å²) in [6.07, 6.45) is 0. The molecule has 0 fully saturated rings. The molecule has 182 valence electrons. The van der Waals surface area contributed by atoms with E-state index in [0.717, 1.165) is 22.6 Å². The van der Waals surface area contributed by atoms with Gasteiger partial charge in [0.1, 0.15) is 16.3 Å². The number of benzene rings is 2. The summed E-state index contributed by atoms with van der Waals surface area (Å²) in [5.41, 5.74) is 2.58. The van der Waals surface area contributed by atoms with E-state index in [1.54, 1.807) is 7.11 Å². The van der Waals surface area contributed by atoms with Gasteiger partial charge in [-0.05, 0) is 31.5 Å². The molecule has 2 heterocycles. The Hall–Kier alpha value is -3.65. The number of aromatic nitrogens is 1. The third-order valence-electron chi connectivity index (χ3n) is 6.45. The molecule has 0 spiro atoms. The minimum absolute atomic E-state index is 0.399. The number of methoxy groups -OCH3 is 3. The third kappa shape index (κ3) is 4.41. The average molecular weight is 493 g/mol. The van der Waals surface area contributed by atoms with Crippen molar-refractivity contribution in [2.75, 3.05) is 21.3 Å². The van der Waals surface area contributed by atoms with Crippen LogP contribution in [0.3, 0.4) is 0 Å². The molecular weight excluding hydrogens is 464 g/mol. The fourth-order valence-corrected chi connectivity index (χ4v) is 5.78. The number of rotatable bonds is 6. The Morgan fingerprint density at radius 2 is 1.77 bits per heavy atom. The van der Waals surface area contributed by atoms with Crippen LogP contribution in [0.25, 0.3) is 11.3 Å². The lowest BCUT2D eigenvalue weighted by atomic mass is 9.67. The summed E-state index contributed by atoms with van der Waals surface area (Å²) in [5, 5.41) is 6.09. The van der Waals surface area contributed by atoms with E-state index in [2.05, 4.69) is 5.32 Å². The van der Waals surface area contributed by atoms with Crippen molar-refractivity contribution in [1.29, 1.82) is 0 Å². The third-order valence-corrected chi connectivity index (χ3v) is 7.53. The predicted molar refractivity (Wildman–Crippen MR) is 134 cm³/mol. The van der Waals surface area contributed by atoms with Crippen molar-refractivity contribution in [3.8, 4) is 17.0 Å². The number of nitrogens with one attached hydrogen (secondary N) is 1. The van der Waals surface area contributed by atoms with Crippen molar-refractivity contribution in [3.63, 3.8) is 0 Å². The highest BCUT2D eigenvalue weighted by atomic mass is 32.1. The number of thiazole rings is 1. The monoisotopic (exact) mass is 492 g/mol. The average Bonchev–Trinajstić information content (AvgIpc) is 3.39. The van der Waals surface area contributed by atoms with Gasteiger partial charge in [0.15, 0.2) is 0 Å². The Morgan fingerprint density at radius 1 is 1.03 bits per heavy atom. The summed E-state index contributed by atoms with van der Waals surface area (Å²) in [5.74, 6) is -1.57. The maximum Gasteiger partial charge on any atom is 0.336 e. The maximum absolute atomic E-state index is 13.4. The van der Waals surface area contributed by atoms with Gasteiger partial charge in [-0.1, -0.05) is 42.5 Å². The zero-order valence-electron chi connectivity index (χ0n) is 20.3. The molecular formula is C27H28N2O5S. The highest BCUT2D eigenvalue weighted by Crippen LogP contribution is 2.49. The van der Waals surface area contributed by atoms with Gasteiger partial charge in [0.25, 0.3) is 0 Å². The molecule has 8 heteroatoms. The molecule has 0 bridgehead atoms. The van der Waals surface area contributed by atoms with E-state index in [0.29, 0.717) is 16.3 Å². The van der Waals surface area contributed by atoms with E-state index >= 15 is 0 Å². The van der Waals surface area contributed by atoms with Crippen molar-refractivity contribution >= 4 is 23.3 Å². The molecule has 0 amide bonds. The summed E-state index contributed by atoms with van der Waals surface area (Å²) >= 11 is 1.45. The predicted octanol–water partition coefficient (Wildman–Crippen LogP) is 4.66. The number of ether oxygens (including phenoxy) is 3. The molecule has 35 heavy (non-hydrogen) atoms. The highest BCUT2D eigenvalue weighted by molar-refractivity contribution is 7.10. The molecule has 3 aromatic rings. The van der Waals surface area contributed by atoms with Gasteiger partial charge < -0.3 is 19.5 Å². The van der Waals surface area contributed by atoms with Crippen LogP contribution in [0.1, 0.15) is 30.3 Å². The summed E-state index contributed by atoms with van der Waals surface area (Å²) in [4.78, 5) is 31.2. The van der Waals surface area contributed by atoms with Crippen molar-refractivity contribution < 1.29 is 23.8 Å². The molecule has 1 N–H and O–H groups in total. The van der Waals surface area contributed by atoms with Gasteiger partial charge in [0.05, 0.1) is 38.5 Å². The Kier molecular flexibility index (Phi) is 6.93. The highest BCUT2D eigenvalue weighted by Gasteiger charge is 2.54. The van der Waals surface area contributed by atoms with E-state index in [-0.39, 0.29) is 0 Å². The van der Waals surface area contributed by atoms with Crippen LogP contribution in [0, 0.1) is 5.92 Å². The van der Waals surface area contributed by atoms with Crippen LogP contribution in [0.5, 0.6) is 5.75 Å². The molecule has 1 aliphatic heterocycles. The molecule has 7 nitrogen and oxygen atoms in total. The van der Waals surface area contributed by atoms with Gasteiger partial charge in [-0.25, -0.2) is 9.78 Å². The number of hydrogen-bond donors (Lipinski definition) is 1. The minimum atomic E-state index is -0.947. The number of hydrogen-bond acceptors (Lipinski definition) is 8. The standard InChI is InChI=1S/C27H28N2O5S/c1-16-21(24(30)33-4)22(17-10-7-6-8-11-17)23(25(31)34-5)27(2,29-16)26-28-20(15-35-26)18-12-9-13-19(14-18)32-3/h6-15,22-23,29H,1-5H3. The summed E-state index contributed by atoms with van der Waals surface area (Å²) in [6, 6.07) is 17.1. The molecule has 0 saturated carbocycles. The lowest BCUT2D eigenvalue weighted by Crippen LogP contribution is -2.55. The minimum Gasteiger partial charge on any atom is -0.497 e. The molecule has 2 aromatic carbocycles. The molecule has 0 aliphatic carbocycles. The number of carbonyl (C=O) groups is 2. The lowest BCUT2D eigenvalue weighted by molar-refractivity contribution is -0.150. The SMILES string of the molecule is COC(=O)C1=C(C)NC(C)(c2nc(-c3cccc(OC)c3)cs2)C(C(=O)OC)C1c1ccccc1. The van der Waals surface area contributed by atoms with Crippen LogP contribution in [-0.2, 0) is 24.6 Å². The van der Waals surface area contributed by atoms with Crippen molar-refractivity contribution in [1.82, 2.24) is 10.3 Å². The Labute approximate surface area is 208 Å². The van der Waals surface area contributed by atoms with E-state index in [9.17, 15) is 9.59 Å². The molecule has 0 saturated heterocycles. The van der Waals surface area contributed by atoms with Crippen LogP contribution in [0.4, 0.5) is 0 Å². The molecule has 4 rings (SSSR count). The Morgan fingerprint density at radius 3 is 2.43 bits per heavy atom. The molecule has 0 radical (unpaired) electrons. The number of allylic oxidation sites excluding steroid dienone is 1. The molecule has 3 unspecified atom stereocenters. The normalized spacial score (nSPS) is 21.7. The first-order chi connectivity index (χ1) is 16.8. The first kappa shape index (κ1) is 24.5. The molecule has 1 aliphatic rings. The Bertz CT molecular complexity index is 1270. The van der Waals surface area contributed by atoms with Gasteiger partial charge >= 0.3 is 11.9 Å². The van der Waals surface area contributed by atoms with Crippen LogP contribution in [0.2, 0.25) is 0 Å². The molecule has 1 aromatic heterocycles. The fraction of sp³-hybridized carbons (Fsp3) is 0.296. The topological polar surface area (TPSA) is 86.8 Å². The van der Waals surface area contributed by atoms with Gasteiger partial charge in [-0.2, -0.15) is 0 Å². The first-order valence-corrected chi connectivity index (χ1v) is 12.0. The zero-order chi connectivity index (χ0) is 25.2. The Balaban J connectivity index is 1.89. The van der Waals surface area contributed by atoms with Crippen LogP contribution >= 0.6 is 11.3 Å².